The van der Waals surface area contributed by atoms with Gasteiger partial charge >= 0.3 is 5.97 Å². The van der Waals surface area contributed by atoms with Crippen LogP contribution >= 0.6 is 0 Å². The maximum atomic E-state index is 12.5. The number of hydrogen-bond donors (Lipinski definition) is 2. The Morgan fingerprint density at radius 1 is 1.26 bits per heavy atom. The molecule has 6 heteroatoms. The van der Waals surface area contributed by atoms with Crippen LogP contribution in [0.25, 0.3) is 0 Å². The van der Waals surface area contributed by atoms with Crippen molar-refractivity contribution in [1.29, 1.82) is 0 Å². The zero-order valence-electron chi connectivity index (χ0n) is 13.3. The summed E-state index contributed by atoms with van der Waals surface area (Å²) < 4.78 is 1.72. The highest BCUT2D eigenvalue weighted by atomic mass is 16.4. The number of aliphatic carboxylic acids is 1. The van der Waals surface area contributed by atoms with E-state index in [4.69, 9.17) is 0 Å². The highest BCUT2D eigenvalue weighted by Crippen LogP contribution is 2.12. The molecule has 0 aliphatic rings. The predicted molar refractivity (Wildman–Crippen MR) is 86.1 cm³/mol. The van der Waals surface area contributed by atoms with Crippen molar-refractivity contribution in [2.24, 2.45) is 5.92 Å². The number of aromatic nitrogens is 2. The lowest BCUT2D eigenvalue weighted by Crippen LogP contribution is -2.42. The molecule has 1 amide bonds. The van der Waals surface area contributed by atoms with Gasteiger partial charge in [0.1, 0.15) is 6.04 Å². The number of hydrogen-bond acceptors (Lipinski definition) is 3. The van der Waals surface area contributed by atoms with E-state index in [2.05, 4.69) is 10.4 Å². The molecule has 2 aromatic rings. The third-order valence-corrected chi connectivity index (χ3v) is 3.46. The Kier molecular flexibility index (Phi) is 5.51. The van der Waals surface area contributed by atoms with Crippen LogP contribution in [0, 0.1) is 5.92 Å². The molecule has 122 valence electrons. The normalized spacial score (nSPS) is 12.1. The molecule has 0 spiro atoms. The quantitative estimate of drug-likeness (QED) is 0.820. The van der Waals surface area contributed by atoms with Crippen LogP contribution in [0.2, 0.25) is 0 Å². The van der Waals surface area contributed by atoms with Gasteiger partial charge in [0.05, 0.1) is 6.54 Å². The van der Waals surface area contributed by atoms with Crippen molar-refractivity contribution in [3.63, 3.8) is 0 Å². The van der Waals surface area contributed by atoms with Gasteiger partial charge in [-0.15, -0.1) is 0 Å². The third-order valence-electron chi connectivity index (χ3n) is 3.46. The summed E-state index contributed by atoms with van der Waals surface area (Å²) in [5.41, 5.74) is 1.26. The average Bonchev–Trinajstić information content (AvgIpc) is 2.99. The number of carbonyl (C=O) groups is 2. The van der Waals surface area contributed by atoms with Crippen LogP contribution in [0.3, 0.4) is 0 Å². The first kappa shape index (κ1) is 16.7. The van der Waals surface area contributed by atoms with Gasteiger partial charge in [0.15, 0.2) is 0 Å². The molecular formula is C17H21N3O3. The molecular weight excluding hydrogens is 294 g/mol. The molecule has 0 unspecified atom stereocenters. The van der Waals surface area contributed by atoms with Crippen molar-refractivity contribution in [1.82, 2.24) is 15.1 Å². The average molecular weight is 315 g/mol. The molecule has 1 aromatic carbocycles. The first-order valence-electron chi connectivity index (χ1n) is 7.56. The fourth-order valence-corrected chi connectivity index (χ4v) is 2.38. The van der Waals surface area contributed by atoms with Gasteiger partial charge in [-0.25, -0.2) is 4.79 Å². The van der Waals surface area contributed by atoms with E-state index in [0.717, 1.165) is 5.56 Å². The Morgan fingerprint density at radius 2 is 2.00 bits per heavy atom. The van der Waals surface area contributed by atoms with Gasteiger partial charge in [0.2, 0.25) is 0 Å². The molecule has 0 aliphatic carbocycles. The summed E-state index contributed by atoms with van der Waals surface area (Å²) in [5.74, 6) is -1.21. The monoisotopic (exact) mass is 315 g/mol. The largest absolute Gasteiger partial charge is 0.480 e. The van der Waals surface area contributed by atoms with E-state index in [1.54, 1.807) is 23.0 Å². The molecule has 1 atom stereocenters. The van der Waals surface area contributed by atoms with Gasteiger partial charge in [0, 0.05) is 18.0 Å². The van der Waals surface area contributed by atoms with Crippen LogP contribution in [0.4, 0.5) is 0 Å². The smallest absolute Gasteiger partial charge is 0.326 e. The van der Waals surface area contributed by atoms with Crippen LogP contribution in [0.1, 0.15) is 36.2 Å². The van der Waals surface area contributed by atoms with E-state index in [9.17, 15) is 14.7 Å². The van der Waals surface area contributed by atoms with Gasteiger partial charge < -0.3 is 10.4 Å². The third kappa shape index (κ3) is 4.67. The van der Waals surface area contributed by atoms with Crippen molar-refractivity contribution >= 4 is 11.9 Å². The first-order chi connectivity index (χ1) is 11.0. The molecule has 6 nitrogen and oxygen atoms in total. The molecule has 2 N–H and O–H groups in total. The molecule has 1 aromatic heterocycles. The predicted octanol–water partition coefficient (Wildman–Crippen LogP) is 2.16. The first-order valence-corrected chi connectivity index (χ1v) is 7.56. The number of carboxylic acids is 1. The van der Waals surface area contributed by atoms with E-state index in [1.807, 2.05) is 38.2 Å². The summed E-state index contributed by atoms with van der Waals surface area (Å²) >= 11 is 0. The molecule has 2 rings (SSSR count). The summed E-state index contributed by atoms with van der Waals surface area (Å²) in [6.45, 7) is 4.31. The Bertz CT molecular complexity index is 665. The maximum absolute atomic E-state index is 12.5. The highest BCUT2D eigenvalue weighted by molar-refractivity contribution is 5.97. The van der Waals surface area contributed by atoms with Crippen LogP contribution in [-0.2, 0) is 11.3 Å². The van der Waals surface area contributed by atoms with E-state index >= 15 is 0 Å². The van der Waals surface area contributed by atoms with Crippen LogP contribution in [0.15, 0.2) is 42.7 Å². The lowest BCUT2D eigenvalue weighted by Gasteiger charge is -2.17. The Labute approximate surface area is 135 Å². The van der Waals surface area contributed by atoms with Crippen LogP contribution < -0.4 is 5.32 Å². The fraction of sp³-hybridized carbons (Fsp3) is 0.353. The van der Waals surface area contributed by atoms with Gasteiger partial charge in [-0.3, -0.25) is 9.48 Å². The molecule has 0 fully saturated rings. The summed E-state index contributed by atoms with van der Waals surface area (Å²) in [5, 5.41) is 16.0. The molecule has 0 bridgehead atoms. The molecule has 23 heavy (non-hydrogen) atoms. The Morgan fingerprint density at radius 3 is 2.61 bits per heavy atom. The second-order valence-corrected chi connectivity index (χ2v) is 5.85. The van der Waals surface area contributed by atoms with Gasteiger partial charge in [0.25, 0.3) is 5.91 Å². The van der Waals surface area contributed by atoms with Gasteiger partial charge in [-0.1, -0.05) is 32.0 Å². The van der Waals surface area contributed by atoms with Gasteiger partial charge in [-0.05, 0) is 30.0 Å². The molecule has 0 radical (unpaired) electrons. The van der Waals surface area contributed by atoms with E-state index < -0.39 is 12.0 Å². The second-order valence-electron chi connectivity index (χ2n) is 5.85. The van der Waals surface area contributed by atoms with Crippen molar-refractivity contribution in [3.8, 4) is 0 Å². The zero-order valence-corrected chi connectivity index (χ0v) is 13.3. The second kappa shape index (κ2) is 7.58. The lowest BCUT2D eigenvalue weighted by atomic mass is 10.0. The lowest BCUT2D eigenvalue weighted by molar-refractivity contribution is -0.139. The van der Waals surface area contributed by atoms with Gasteiger partial charge in [-0.2, -0.15) is 5.10 Å². The van der Waals surface area contributed by atoms with Crippen LogP contribution in [-0.4, -0.2) is 32.8 Å². The number of benzene rings is 1. The highest BCUT2D eigenvalue weighted by Gasteiger charge is 2.22. The summed E-state index contributed by atoms with van der Waals surface area (Å²) in [6.07, 6.45) is 3.88. The van der Waals surface area contributed by atoms with Crippen molar-refractivity contribution in [2.45, 2.75) is 32.9 Å². The number of rotatable bonds is 7. The maximum Gasteiger partial charge on any atom is 0.326 e. The number of amides is 1. The minimum Gasteiger partial charge on any atom is -0.480 e. The number of carboxylic acid groups (broad SMARTS) is 1. The molecule has 0 aliphatic heterocycles. The van der Waals surface area contributed by atoms with Crippen molar-refractivity contribution < 1.29 is 14.7 Å². The Hall–Kier alpha value is -2.63. The SMILES string of the molecule is CC(C)C[C@@H](NC(=O)c1ccccc1Cn1cccn1)C(=O)O. The molecule has 0 saturated heterocycles. The molecule has 1 heterocycles. The molecule has 0 saturated carbocycles. The topological polar surface area (TPSA) is 84.2 Å². The number of nitrogens with zero attached hydrogens (tertiary/aromatic N) is 2. The summed E-state index contributed by atoms with van der Waals surface area (Å²) in [6, 6.07) is 8.07. The standard InChI is InChI=1S/C17H21N3O3/c1-12(2)10-15(17(22)23)19-16(21)14-7-4-3-6-13(14)11-20-9-5-8-18-20/h3-9,12,15H,10-11H2,1-2H3,(H,19,21)(H,22,23)/t15-/m1/s1. The number of nitrogens with one attached hydrogen (secondary N) is 1. The van der Waals surface area contributed by atoms with Crippen molar-refractivity contribution in [2.75, 3.05) is 0 Å². The van der Waals surface area contributed by atoms with E-state index in [1.165, 1.54) is 0 Å². The van der Waals surface area contributed by atoms with Crippen molar-refractivity contribution in [3.05, 3.63) is 53.9 Å². The van der Waals surface area contributed by atoms with E-state index in [-0.39, 0.29) is 11.8 Å². The number of carbonyl (C=O) groups excluding carboxylic acids is 1. The van der Waals surface area contributed by atoms with Crippen LogP contribution in [0.5, 0.6) is 0 Å². The minimum absolute atomic E-state index is 0.177. The summed E-state index contributed by atoms with van der Waals surface area (Å²) in [7, 11) is 0. The summed E-state index contributed by atoms with van der Waals surface area (Å²) in [4.78, 5) is 23.8. The fourth-order valence-electron chi connectivity index (χ4n) is 2.38. The zero-order chi connectivity index (χ0) is 16.8. The minimum atomic E-state index is -1.02. The van der Waals surface area contributed by atoms with E-state index in [0.29, 0.717) is 18.5 Å². The Balaban J connectivity index is 2.17.